The van der Waals surface area contributed by atoms with Crippen molar-refractivity contribution in [2.45, 2.75) is 26.4 Å². The molecule has 0 aliphatic heterocycles. The van der Waals surface area contributed by atoms with Gasteiger partial charge in [-0.1, -0.05) is 18.2 Å². The molecule has 1 unspecified atom stereocenters. The molecule has 7 nitrogen and oxygen atoms in total. The number of rotatable bonds is 8. The van der Waals surface area contributed by atoms with Crippen molar-refractivity contribution in [2.24, 2.45) is 0 Å². The van der Waals surface area contributed by atoms with E-state index in [-0.39, 0.29) is 6.10 Å². The smallest absolute Gasteiger partial charge is 0.179 e. The van der Waals surface area contributed by atoms with Crippen LogP contribution in [0.4, 0.5) is 5.82 Å². The number of nitrogens with zero attached hydrogens (tertiary/aromatic N) is 5. The van der Waals surface area contributed by atoms with Crippen LogP contribution in [-0.4, -0.2) is 47.7 Å². The SMILES string of the molecule is CNCCC(Oc1ccccc1-n1nc2c(N(C)C)nnc(C)c2c1C)c1cccs1. The van der Waals surface area contributed by atoms with E-state index in [1.165, 1.54) is 4.88 Å². The Morgan fingerprint density at radius 1 is 1.13 bits per heavy atom. The van der Waals surface area contributed by atoms with Gasteiger partial charge in [0.1, 0.15) is 23.1 Å². The number of fused-ring (bicyclic) bond motifs is 1. The number of thiophene rings is 1. The molecule has 1 atom stereocenters. The lowest BCUT2D eigenvalue weighted by atomic mass is 10.2. The van der Waals surface area contributed by atoms with E-state index in [9.17, 15) is 0 Å². The summed E-state index contributed by atoms with van der Waals surface area (Å²) in [6.07, 6.45) is 0.852. The predicted octanol–water partition coefficient (Wildman–Crippen LogP) is 4.29. The van der Waals surface area contributed by atoms with E-state index in [0.29, 0.717) is 0 Å². The highest BCUT2D eigenvalue weighted by Gasteiger charge is 2.21. The maximum Gasteiger partial charge on any atom is 0.179 e. The molecule has 162 valence electrons. The molecule has 3 aromatic heterocycles. The van der Waals surface area contributed by atoms with E-state index in [1.807, 2.05) is 61.9 Å². The largest absolute Gasteiger partial charge is 0.483 e. The van der Waals surface area contributed by atoms with Gasteiger partial charge in [0.15, 0.2) is 5.82 Å². The van der Waals surface area contributed by atoms with Crippen LogP contribution in [0.25, 0.3) is 16.6 Å². The topological polar surface area (TPSA) is 68.1 Å². The van der Waals surface area contributed by atoms with Gasteiger partial charge in [-0.3, -0.25) is 0 Å². The molecule has 0 saturated carbocycles. The lowest BCUT2D eigenvalue weighted by molar-refractivity contribution is 0.198. The van der Waals surface area contributed by atoms with Crippen LogP contribution >= 0.6 is 11.3 Å². The molecule has 4 rings (SSSR count). The second kappa shape index (κ2) is 9.03. The molecule has 0 saturated heterocycles. The van der Waals surface area contributed by atoms with Crippen molar-refractivity contribution in [2.75, 3.05) is 32.6 Å². The number of ether oxygens (including phenoxy) is 1. The molecule has 0 radical (unpaired) electrons. The van der Waals surface area contributed by atoms with E-state index in [2.05, 4.69) is 40.0 Å². The lowest BCUT2D eigenvalue weighted by Gasteiger charge is -2.20. The Bertz CT molecular complexity index is 1170. The third kappa shape index (κ3) is 4.13. The monoisotopic (exact) mass is 436 g/mol. The first-order valence-electron chi connectivity index (χ1n) is 10.3. The summed E-state index contributed by atoms with van der Waals surface area (Å²) in [5.74, 6) is 1.56. The summed E-state index contributed by atoms with van der Waals surface area (Å²) < 4.78 is 8.52. The molecule has 4 aromatic rings. The first-order valence-corrected chi connectivity index (χ1v) is 11.2. The number of aromatic nitrogens is 4. The van der Waals surface area contributed by atoms with E-state index < -0.39 is 0 Å². The Hall–Kier alpha value is -2.97. The van der Waals surface area contributed by atoms with Gasteiger partial charge in [-0.25, -0.2) is 4.68 Å². The maximum absolute atomic E-state index is 6.57. The van der Waals surface area contributed by atoms with Gasteiger partial charge in [-0.15, -0.1) is 16.4 Å². The molecular weight excluding hydrogens is 408 g/mol. The van der Waals surface area contributed by atoms with E-state index in [1.54, 1.807) is 11.3 Å². The molecule has 0 aliphatic rings. The first kappa shape index (κ1) is 21.3. The Labute approximate surface area is 186 Å². The number of hydrogen-bond donors (Lipinski definition) is 1. The zero-order valence-corrected chi connectivity index (χ0v) is 19.4. The summed E-state index contributed by atoms with van der Waals surface area (Å²) in [4.78, 5) is 3.16. The Morgan fingerprint density at radius 3 is 2.65 bits per heavy atom. The predicted molar refractivity (Wildman–Crippen MR) is 127 cm³/mol. The number of hydrogen-bond acceptors (Lipinski definition) is 7. The van der Waals surface area contributed by atoms with Gasteiger partial charge in [0.05, 0.1) is 16.8 Å². The molecule has 3 heterocycles. The quantitative estimate of drug-likeness (QED) is 0.444. The van der Waals surface area contributed by atoms with Crippen molar-refractivity contribution < 1.29 is 4.74 Å². The minimum atomic E-state index is -0.0266. The Kier molecular flexibility index (Phi) is 6.20. The van der Waals surface area contributed by atoms with Crippen molar-refractivity contribution in [3.05, 3.63) is 58.0 Å². The average molecular weight is 437 g/mol. The number of anilines is 1. The minimum Gasteiger partial charge on any atom is -0.483 e. The summed E-state index contributed by atoms with van der Waals surface area (Å²) >= 11 is 1.72. The van der Waals surface area contributed by atoms with Gasteiger partial charge in [0.2, 0.25) is 0 Å². The van der Waals surface area contributed by atoms with Crippen LogP contribution in [-0.2, 0) is 0 Å². The van der Waals surface area contributed by atoms with Gasteiger partial charge >= 0.3 is 0 Å². The van der Waals surface area contributed by atoms with Crippen molar-refractivity contribution in [3.63, 3.8) is 0 Å². The van der Waals surface area contributed by atoms with E-state index in [0.717, 1.165) is 52.5 Å². The molecule has 1 N–H and O–H groups in total. The average Bonchev–Trinajstić information content (AvgIpc) is 3.40. The summed E-state index contributed by atoms with van der Waals surface area (Å²) in [6.45, 7) is 4.91. The molecule has 0 spiro atoms. The summed E-state index contributed by atoms with van der Waals surface area (Å²) in [7, 11) is 5.87. The van der Waals surface area contributed by atoms with Crippen LogP contribution in [0.5, 0.6) is 5.75 Å². The zero-order valence-electron chi connectivity index (χ0n) is 18.6. The second-order valence-corrected chi connectivity index (χ2v) is 8.69. The van der Waals surface area contributed by atoms with Crippen molar-refractivity contribution >= 4 is 28.1 Å². The normalized spacial score (nSPS) is 12.3. The third-order valence-electron chi connectivity index (χ3n) is 5.29. The lowest BCUT2D eigenvalue weighted by Crippen LogP contribution is -2.16. The fraction of sp³-hybridized carbons (Fsp3) is 0.348. The van der Waals surface area contributed by atoms with Crippen LogP contribution < -0.4 is 15.0 Å². The highest BCUT2D eigenvalue weighted by Crippen LogP contribution is 2.34. The molecule has 1 aromatic carbocycles. The van der Waals surface area contributed by atoms with Crippen LogP contribution in [0.15, 0.2) is 41.8 Å². The second-order valence-electron chi connectivity index (χ2n) is 7.71. The fourth-order valence-corrected chi connectivity index (χ4v) is 4.53. The highest BCUT2D eigenvalue weighted by atomic mass is 32.1. The van der Waals surface area contributed by atoms with Gasteiger partial charge in [0.25, 0.3) is 0 Å². The number of para-hydroxylation sites is 2. The standard InChI is InChI=1S/C23H28N6OS/c1-15-21-16(2)29(27-22(21)23(26-25-15)28(4)5)17-9-6-7-10-18(17)30-19(12-13-24-3)20-11-8-14-31-20/h6-11,14,19,24H,12-13H2,1-5H3. The number of benzene rings is 1. The van der Waals surface area contributed by atoms with Gasteiger partial charge in [-0.2, -0.15) is 10.2 Å². The van der Waals surface area contributed by atoms with Crippen LogP contribution in [0.1, 0.15) is 28.8 Å². The molecule has 31 heavy (non-hydrogen) atoms. The minimum absolute atomic E-state index is 0.0266. The third-order valence-corrected chi connectivity index (χ3v) is 6.25. The van der Waals surface area contributed by atoms with Crippen LogP contribution in [0, 0.1) is 13.8 Å². The first-order chi connectivity index (χ1) is 15.0. The fourth-order valence-electron chi connectivity index (χ4n) is 3.74. The van der Waals surface area contributed by atoms with Crippen LogP contribution in [0.2, 0.25) is 0 Å². The van der Waals surface area contributed by atoms with Crippen molar-refractivity contribution in [1.29, 1.82) is 0 Å². The van der Waals surface area contributed by atoms with Crippen molar-refractivity contribution in [3.8, 4) is 11.4 Å². The van der Waals surface area contributed by atoms with Crippen LogP contribution in [0.3, 0.4) is 0 Å². The Balaban J connectivity index is 1.80. The summed E-state index contributed by atoms with van der Waals surface area (Å²) in [6, 6.07) is 12.3. The Morgan fingerprint density at radius 2 is 1.94 bits per heavy atom. The maximum atomic E-state index is 6.57. The zero-order chi connectivity index (χ0) is 22.0. The van der Waals surface area contributed by atoms with Crippen molar-refractivity contribution in [1.82, 2.24) is 25.3 Å². The summed E-state index contributed by atoms with van der Waals surface area (Å²) in [5.41, 5.74) is 3.64. The molecular formula is C23H28N6OS. The molecule has 8 heteroatoms. The molecule has 0 amide bonds. The van der Waals surface area contributed by atoms with Gasteiger partial charge in [0, 0.05) is 25.4 Å². The summed E-state index contributed by atoms with van der Waals surface area (Å²) in [5, 5.41) is 20.0. The number of aryl methyl sites for hydroxylation is 2. The van der Waals surface area contributed by atoms with Gasteiger partial charge < -0.3 is 15.0 Å². The van der Waals surface area contributed by atoms with Gasteiger partial charge in [-0.05, 0) is 51.0 Å². The highest BCUT2D eigenvalue weighted by molar-refractivity contribution is 7.10. The molecule has 0 fully saturated rings. The molecule has 0 bridgehead atoms. The van der Waals surface area contributed by atoms with E-state index >= 15 is 0 Å². The number of nitrogens with one attached hydrogen (secondary N) is 1. The van der Waals surface area contributed by atoms with E-state index in [4.69, 9.17) is 9.84 Å². The molecule has 0 aliphatic carbocycles.